The zero-order valence-corrected chi connectivity index (χ0v) is 8.08. The summed E-state index contributed by atoms with van der Waals surface area (Å²) < 4.78 is 0. The number of hydrogen-bond donors (Lipinski definition) is 1. The number of carbonyl (C=O) groups excluding carboxylic acids is 1. The molecule has 0 spiro atoms. The Kier molecular flexibility index (Phi) is 3.49. The Morgan fingerprint density at radius 2 is 2.29 bits per heavy atom. The molecule has 1 N–H and O–H groups in total. The van der Waals surface area contributed by atoms with Crippen LogP contribution in [0.4, 0.5) is 0 Å². The number of benzene rings is 1. The van der Waals surface area contributed by atoms with Crippen molar-refractivity contribution in [2.24, 2.45) is 0 Å². The van der Waals surface area contributed by atoms with Crippen molar-refractivity contribution in [1.29, 1.82) is 5.26 Å². The van der Waals surface area contributed by atoms with Gasteiger partial charge in [0.1, 0.15) is 11.8 Å². The number of halogens is 1. The van der Waals surface area contributed by atoms with E-state index in [1.807, 2.05) is 0 Å². The number of phenolic OH excluding ortho intramolecular Hbond substituents is 1. The predicted octanol–water partition coefficient (Wildman–Crippen LogP) is 2.08. The number of hydrogen-bond acceptors (Lipinski definition) is 3. The number of nitrogens with zero attached hydrogens (tertiary/aromatic N) is 1. The van der Waals surface area contributed by atoms with Crippen LogP contribution in [0.3, 0.4) is 0 Å². The third-order valence-electron chi connectivity index (χ3n) is 1.76. The minimum Gasteiger partial charge on any atom is -0.507 e. The zero-order valence-electron chi connectivity index (χ0n) is 7.33. The van der Waals surface area contributed by atoms with Gasteiger partial charge in [-0.25, -0.2) is 0 Å². The average Bonchev–Trinajstić information content (AvgIpc) is 2.18. The standard InChI is InChI=1S/C10H8ClNO2/c11-4-3-9(13)7-1-2-8(6-12)10(14)5-7/h1-2,5,14H,3-4H2. The van der Waals surface area contributed by atoms with Crippen LogP contribution in [-0.2, 0) is 0 Å². The molecule has 1 rings (SSSR count). The lowest BCUT2D eigenvalue weighted by Crippen LogP contribution is -1.99. The quantitative estimate of drug-likeness (QED) is 0.613. The van der Waals surface area contributed by atoms with Gasteiger partial charge in [-0.15, -0.1) is 11.6 Å². The van der Waals surface area contributed by atoms with Crippen molar-refractivity contribution in [3.05, 3.63) is 29.3 Å². The molecule has 0 fully saturated rings. The van der Waals surface area contributed by atoms with E-state index in [9.17, 15) is 9.90 Å². The van der Waals surface area contributed by atoms with Gasteiger partial charge in [-0.1, -0.05) is 0 Å². The average molecular weight is 210 g/mol. The van der Waals surface area contributed by atoms with Gasteiger partial charge >= 0.3 is 0 Å². The van der Waals surface area contributed by atoms with Crippen LogP contribution >= 0.6 is 11.6 Å². The summed E-state index contributed by atoms with van der Waals surface area (Å²) in [6.45, 7) is 0. The fraction of sp³-hybridized carbons (Fsp3) is 0.200. The number of phenols is 1. The van der Waals surface area contributed by atoms with Gasteiger partial charge in [0.15, 0.2) is 5.78 Å². The maximum Gasteiger partial charge on any atom is 0.164 e. The highest BCUT2D eigenvalue weighted by Crippen LogP contribution is 2.18. The molecule has 0 aliphatic carbocycles. The van der Waals surface area contributed by atoms with Gasteiger partial charge in [0.2, 0.25) is 0 Å². The Labute approximate surface area is 86.5 Å². The molecule has 0 aliphatic rings. The Bertz CT molecular complexity index is 396. The molecule has 0 heterocycles. The molecule has 3 nitrogen and oxygen atoms in total. The molecule has 0 amide bonds. The Morgan fingerprint density at radius 3 is 2.79 bits per heavy atom. The highest BCUT2D eigenvalue weighted by Gasteiger charge is 2.08. The minimum absolute atomic E-state index is 0.139. The van der Waals surface area contributed by atoms with Gasteiger partial charge in [0.25, 0.3) is 0 Å². The first-order chi connectivity index (χ1) is 6.69. The Hall–Kier alpha value is -1.53. The molecule has 4 heteroatoms. The Balaban J connectivity index is 2.98. The number of rotatable bonds is 3. The van der Waals surface area contributed by atoms with E-state index in [0.717, 1.165) is 0 Å². The van der Waals surface area contributed by atoms with Gasteiger partial charge in [0.05, 0.1) is 5.56 Å². The van der Waals surface area contributed by atoms with E-state index in [2.05, 4.69) is 0 Å². The van der Waals surface area contributed by atoms with E-state index in [1.54, 1.807) is 6.07 Å². The van der Waals surface area contributed by atoms with E-state index >= 15 is 0 Å². The van der Waals surface area contributed by atoms with E-state index in [-0.39, 0.29) is 29.4 Å². The lowest BCUT2D eigenvalue weighted by Gasteiger charge is -2.00. The SMILES string of the molecule is N#Cc1ccc(C(=O)CCCl)cc1O. The molecule has 0 aromatic heterocycles. The molecule has 1 aromatic rings. The van der Waals surface area contributed by atoms with E-state index < -0.39 is 0 Å². The molecule has 0 atom stereocenters. The van der Waals surface area contributed by atoms with Crippen LogP contribution in [0.25, 0.3) is 0 Å². The minimum atomic E-state index is -0.173. The zero-order chi connectivity index (χ0) is 10.6. The first-order valence-electron chi connectivity index (χ1n) is 4.01. The van der Waals surface area contributed by atoms with Crippen molar-refractivity contribution in [1.82, 2.24) is 0 Å². The molecule has 0 saturated heterocycles. The van der Waals surface area contributed by atoms with Crippen molar-refractivity contribution in [2.75, 3.05) is 5.88 Å². The number of carbonyl (C=O) groups is 1. The summed E-state index contributed by atoms with van der Waals surface area (Å²) in [6.07, 6.45) is 0.229. The smallest absolute Gasteiger partial charge is 0.164 e. The molecule has 0 bridgehead atoms. The second-order valence-electron chi connectivity index (χ2n) is 2.71. The second-order valence-corrected chi connectivity index (χ2v) is 3.08. The number of nitriles is 1. The molecule has 0 saturated carbocycles. The summed E-state index contributed by atoms with van der Waals surface area (Å²) in [4.78, 5) is 11.3. The molecule has 1 aromatic carbocycles. The number of alkyl halides is 1. The fourth-order valence-electron chi connectivity index (χ4n) is 1.03. The normalized spacial score (nSPS) is 9.43. The summed E-state index contributed by atoms with van der Waals surface area (Å²) in [5.74, 6) is -0.0627. The summed E-state index contributed by atoms with van der Waals surface area (Å²) in [5, 5.41) is 17.8. The van der Waals surface area contributed by atoms with E-state index in [4.69, 9.17) is 16.9 Å². The summed E-state index contributed by atoms with van der Waals surface area (Å²) in [5.41, 5.74) is 0.537. The van der Waals surface area contributed by atoms with Crippen LogP contribution in [0, 0.1) is 11.3 Å². The monoisotopic (exact) mass is 209 g/mol. The highest BCUT2D eigenvalue weighted by atomic mass is 35.5. The second kappa shape index (κ2) is 4.64. The topological polar surface area (TPSA) is 61.1 Å². The van der Waals surface area contributed by atoms with Gasteiger partial charge in [-0.2, -0.15) is 5.26 Å². The third-order valence-corrected chi connectivity index (χ3v) is 1.95. The van der Waals surface area contributed by atoms with Crippen LogP contribution in [0.5, 0.6) is 5.75 Å². The first-order valence-corrected chi connectivity index (χ1v) is 4.54. The lowest BCUT2D eigenvalue weighted by molar-refractivity contribution is 0.0989. The van der Waals surface area contributed by atoms with Crippen LogP contribution in [-0.4, -0.2) is 16.8 Å². The molecular formula is C10H8ClNO2. The van der Waals surface area contributed by atoms with Gasteiger partial charge in [-0.05, 0) is 18.2 Å². The van der Waals surface area contributed by atoms with Gasteiger partial charge < -0.3 is 5.11 Å². The molecule has 14 heavy (non-hydrogen) atoms. The molecule has 0 radical (unpaired) electrons. The van der Waals surface area contributed by atoms with Crippen LogP contribution in [0.2, 0.25) is 0 Å². The maximum atomic E-state index is 11.3. The maximum absolute atomic E-state index is 11.3. The van der Waals surface area contributed by atoms with Crippen molar-refractivity contribution >= 4 is 17.4 Å². The third kappa shape index (κ3) is 2.24. The molecular weight excluding hydrogens is 202 g/mol. The van der Waals surface area contributed by atoms with E-state index in [0.29, 0.717) is 5.56 Å². The van der Waals surface area contributed by atoms with E-state index in [1.165, 1.54) is 18.2 Å². The summed E-state index contributed by atoms with van der Waals surface area (Å²) >= 11 is 5.41. The highest BCUT2D eigenvalue weighted by molar-refractivity contribution is 6.19. The molecule has 0 unspecified atom stereocenters. The summed E-state index contributed by atoms with van der Waals surface area (Å²) in [7, 11) is 0. The van der Waals surface area contributed by atoms with Crippen LogP contribution in [0.15, 0.2) is 18.2 Å². The van der Waals surface area contributed by atoms with Crippen LogP contribution in [0.1, 0.15) is 22.3 Å². The van der Waals surface area contributed by atoms with Gasteiger partial charge in [-0.3, -0.25) is 4.79 Å². The largest absolute Gasteiger partial charge is 0.507 e. The van der Waals surface area contributed by atoms with Gasteiger partial charge in [0, 0.05) is 17.9 Å². The van der Waals surface area contributed by atoms with Crippen molar-refractivity contribution in [3.63, 3.8) is 0 Å². The lowest BCUT2D eigenvalue weighted by atomic mass is 10.1. The number of Topliss-reactive ketones (excluding diaryl/α,β-unsaturated/α-hetero) is 1. The molecule has 72 valence electrons. The van der Waals surface area contributed by atoms with Crippen molar-refractivity contribution < 1.29 is 9.90 Å². The Morgan fingerprint density at radius 1 is 1.57 bits per heavy atom. The number of ketones is 1. The van der Waals surface area contributed by atoms with Crippen LogP contribution < -0.4 is 0 Å². The number of aromatic hydroxyl groups is 1. The summed E-state index contributed by atoms with van der Waals surface area (Å²) in [6, 6.07) is 6.01. The molecule has 0 aliphatic heterocycles. The first kappa shape index (κ1) is 10.6. The van der Waals surface area contributed by atoms with Crippen molar-refractivity contribution in [2.45, 2.75) is 6.42 Å². The fourth-order valence-corrected chi connectivity index (χ4v) is 1.20. The predicted molar refractivity (Wildman–Crippen MR) is 52.5 cm³/mol. The van der Waals surface area contributed by atoms with Crippen molar-refractivity contribution in [3.8, 4) is 11.8 Å².